The van der Waals surface area contributed by atoms with Crippen LogP contribution in [-0.2, 0) is 10.0 Å². The van der Waals surface area contributed by atoms with E-state index in [4.69, 9.17) is 11.6 Å². The SMILES string of the molecule is O=[N+]([O-])c1cc(S(=O)(=O)N2CCCCC2)ccc1Sc1ccc(Cl)cc1. The summed E-state index contributed by atoms with van der Waals surface area (Å²) in [5.74, 6) is 0. The van der Waals surface area contributed by atoms with Gasteiger partial charge in [-0.15, -0.1) is 0 Å². The highest BCUT2D eigenvalue weighted by atomic mass is 35.5. The standard InChI is InChI=1S/C17H17ClN2O4S2/c18-13-4-6-14(7-5-13)25-17-9-8-15(12-16(17)20(21)22)26(23,24)19-10-2-1-3-11-19/h4-9,12H,1-3,10-11H2. The van der Waals surface area contributed by atoms with E-state index in [1.54, 1.807) is 24.3 Å². The molecule has 0 bridgehead atoms. The van der Waals surface area contributed by atoms with Gasteiger partial charge in [0.2, 0.25) is 10.0 Å². The van der Waals surface area contributed by atoms with E-state index in [0.29, 0.717) is 23.0 Å². The van der Waals surface area contributed by atoms with Crippen LogP contribution in [0.3, 0.4) is 0 Å². The van der Waals surface area contributed by atoms with E-state index < -0.39 is 14.9 Å². The van der Waals surface area contributed by atoms with Gasteiger partial charge in [0.05, 0.1) is 14.7 Å². The number of hydrogen-bond donors (Lipinski definition) is 0. The molecule has 6 nitrogen and oxygen atoms in total. The third-order valence-electron chi connectivity index (χ3n) is 4.12. The first kappa shape index (κ1) is 19.2. The molecule has 0 aromatic heterocycles. The van der Waals surface area contributed by atoms with E-state index in [1.807, 2.05) is 0 Å². The van der Waals surface area contributed by atoms with Gasteiger partial charge in [0.15, 0.2) is 0 Å². The summed E-state index contributed by atoms with van der Waals surface area (Å²) < 4.78 is 26.9. The average molecular weight is 413 g/mol. The van der Waals surface area contributed by atoms with E-state index in [0.717, 1.165) is 30.2 Å². The number of nitrogens with zero attached hydrogens (tertiary/aromatic N) is 2. The summed E-state index contributed by atoms with van der Waals surface area (Å²) in [6.45, 7) is 0.912. The molecule has 0 radical (unpaired) electrons. The first-order valence-corrected chi connectivity index (χ1v) is 10.7. The Morgan fingerprint density at radius 1 is 1.04 bits per heavy atom. The van der Waals surface area contributed by atoms with Crippen molar-refractivity contribution in [2.24, 2.45) is 0 Å². The minimum Gasteiger partial charge on any atom is -0.258 e. The Morgan fingerprint density at radius 3 is 2.31 bits per heavy atom. The van der Waals surface area contributed by atoms with Crippen LogP contribution in [0.5, 0.6) is 0 Å². The summed E-state index contributed by atoms with van der Waals surface area (Å²) in [7, 11) is -3.71. The van der Waals surface area contributed by atoms with Crippen LogP contribution < -0.4 is 0 Å². The first-order chi connectivity index (χ1) is 12.4. The largest absolute Gasteiger partial charge is 0.284 e. The molecule has 138 valence electrons. The number of nitro groups is 1. The predicted octanol–water partition coefficient (Wildman–Crippen LogP) is 4.57. The number of rotatable bonds is 5. The van der Waals surface area contributed by atoms with Gasteiger partial charge in [0.1, 0.15) is 0 Å². The van der Waals surface area contributed by atoms with Gasteiger partial charge in [-0.2, -0.15) is 4.31 Å². The quantitative estimate of drug-likeness (QED) is 0.530. The summed E-state index contributed by atoms with van der Waals surface area (Å²) in [6.07, 6.45) is 2.63. The maximum Gasteiger partial charge on any atom is 0.284 e. The lowest BCUT2D eigenvalue weighted by atomic mass is 10.2. The summed E-state index contributed by atoms with van der Waals surface area (Å²) >= 11 is 7.05. The van der Waals surface area contributed by atoms with Gasteiger partial charge < -0.3 is 0 Å². The van der Waals surface area contributed by atoms with Gasteiger partial charge in [-0.1, -0.05) is 29.8 Å². The molecular formula is C17H17ClN2O4S2. The molecule has 26 heavy (non-hydrogen) atoms. The fourth-order valence-corrected chi connectivity index (χ4v) is 5.33. The highest BCUT2D eigenvalue weighted by molar-refractivity contribution is 7.99. The zero-order valence-corrected chi connectivity index (χ0v) is 16.2. The molecule has 0 spiro atoms. The molecule has 1 aliphatic rings. The molecule has 0 saturated carbocycles. The molecule has 1 fully saturated rings. The topological polar surface area (TPSA) is 80.5 Å². The second-order valence-corrected chi connectivity index (χ2v) is 9.40. The van der Waals surface area contributed by atoms with Crippen molar-refractivity contribution in [1.29, 1.82) is 0 Å². The Bertz CT molecular complexity index is 911. The van der Waals surface area contributed by atoms with Gasteiger partial charge in [0.25, 0.3) is 5.69 Å². The zero-order chi connectivity index (χ0) is 18.7. The number of halogens is 1. The Morgan fingerprint density at radius 2 is 1.69 bits per heavy atom. The lowest BCUT2D eigenvalue weighted by Crippen LogP contribution is -2.35. The van der Waals surface area contributed by atoms with Crippen LogP contribution in [-0.4, -0.2) is 30.7 Å². The second kappa shape index (κ2) is 7.96. The van der Waals surface area contributed by atoms with Gasteiger partial charge in [0, 0.05) is 29.1 Å². The fraction of sp³-hybridized carbons (Fsp3) is 0.294. The molecule has 0 N–H and O–H groups in total. The summed E-state index contributed by atoms with van der Waals surface area (Å²) in [6, 6.07) is 11.0. The molecule has 1 saturated heterocycles. The lowest BCUT2D eigenvalue weighted by molar-refractivity contribution is -0.388. The number of sulfonamides is 1. The molecular weight excluding hydrogens is 396 g/mol. The van der Waals surface area contributed by atoms with Gasteiger partial charge >= 0.3 is 0 Å². The van der Waals surface area contributed by atoms with E-state index in [1.165, 1.54) is 28.2 Å². The number of nitro benzene ring substituents is 1. The second-order valence-electron chi connectivity index (χ2n) is 5.91. The third kappa shape index (κ3) is 4.20. The molecule has 0 unspecified atom stereocenters. The molecule has 2 aromatic carbocycles. The molecule has 1 heterocycles. The number of hydrogen-bond acceptors (Lipinski definition) is 5. The van der Waals surface area contributed by atoms with Crippen LogP contribution in [0.15, 0.2) is 57.2 Å². The van der Waals surface area contributed by atoms with Crippen molar-refractivity contribution >= 4 is 39.1 Å². The van der Waals surface area contributed by atoms with E-state index in [9.17, 15) is 18.5 Å². The van der Waals surface area contributed by atoms with Crippen molar-refractivity contribution in [3.8, 4) is 0 Å². The number of piperidine rings is 1. The van der Waals surface area contributed by atoms with Crippen molar-refractivity contribution < 1.29 is 13.3 Å². The Kier molecular flexibility index (Phi) is 5.86. The maximum absolute atomic E-state index is 12.8. The summed E-state index contributed by atoms with van der Waals surface area (Å²) in [5, 5.41) is 12.1. The van der Waals surface area contributed by atoms with Crippen molar-refractivity contribution in [2.75, 3.05) is 13.1 Å². The highest BCUT2D eigenvalue weighted by Gasteiger charge is 2.28. The normalized spacial score (nSPS) is 15.7. The maximum atomic E-state index is 12.8. The van der Waals surface area contributed by atoms with Gasteiger partial charge in [-0.05, 0) is 49.2 Å². The fourth-order valence-electron chi connectivity index (χ4n) is 2.77. The van der Waals surface area contributed by atoms with Crippen molar-refractivity contribution in [3.63, 3.8) is 0 Å². The van der Waals surface area contributed by atoms with E-state index in [2.05, 4.69) is 0 Å². The van der Waals surface area contributed by atoms with Crippen LogP contribution >= 0.6 is 23.4 Å². The van der Waals surface area contributed by atoms with Crippen molar-refractivity contribution in [2.45, 2.75) is 33.9 Å². The van der Waals surface area contributed by atoms with Crippen molar-refractivity contribution in [3.05, 3.63) is 57.6 Å². The molecule has 3 rings (SSSR count). The minimum absolute atomic E-state index is 0.0356. The Balaban J connectivity index is 1.93. The third-order valence-corrected chi connectivity index (χ3v) is 7.34. The molecule has 2 aromatic rings. The summed E-state index contributed by atoms with van der Waals surface area (Å²) in [4.78, 5) is 12.1. The van der Waals surface area contributed by atoms with Gasteiger partial charge in [-0.3, -0.25) is 10.1 Å². The number of benzene rings is 2. The molecule has 0 atom stereocenters. The van der Waals surface area contributed by atoms with Crippen LogP contribution in [0.25, 0.3) is 0 Å². The Hall–Kier alpha value is -1.61. The highest BCUT2D eigenvalue weighted by Crippen LogP contribution is 2.37. The lowest BCUT2D eigenvalue weighted by Gasteiger charge is -2.25. The molecule has 0 aliphatic carbocycles. The first-order valence-electron chi connectivity index (χ1n) is 8.10. The molecule has 0 amide bonds. The summed E-state index contributed by atoms with van der Waals surface area (Å²) in [5.41, 5.74) is -0.219. The van der Waals surface area contributed by atoms with Gasteiger partial charge in [-0.25, -0.2) is 8.42 Å². The van der Waals surface area contributed by atoms with Crippen LogP contribution in [0.4, 0.5) is 5.69 Å². The Labute approximate surface area is 161 Å². The van der Waals surface area contributed by atoms with Crippen molar-refractivity contribution in [1.82, 2.24) is 4.31 Å². The van der Waals surface area contributed by atoms with E-state index >= 15 is 0 Å². The molecule has 1 aliphatic heterocycles. The van der Waals surface area contributed by atoms with Crippen LogP contribution in [0.1, 0.15) is 19.3 Å². The molecule has 9 heteroatoms. The van der Waals surface area contributed by atoms with Crippen LogP contribution in [0, 0.1) is 10.1 Å². The average Bonchev–Trinajstić information content (AvgIpc) is 2.64. The predicted molar refractivity (Wildman–Crippen MR) is 101 cm³/mol. The van der Waals surface area contributed by atoms with E-state index in [-0.39, 0.29) is 10.6 Å². The monoisotopic (exact) mass is 412 g/mol. The smallest absolute Gasteiger partial charge is 0.258 e. The minimum atomic E-state index is -3.71. The van der Waals surface area contributed by atoms with Crippen LogP contribution in [0.2, 0.25) is 5.02 Å². The zero-order valence-electron chi connectivity index (χ0n) is 13.8.